The third-order valence-electron chi connectivity index (χ3n) is 11.5. The summed E-state index contributed by atoms with van der Waals surface area (Å²) in [5, 5.41) is 7.63. The van der Waals surface area contributed by atoms with Gasteiger partial charge in [-0.2, -0.15) is 0 Å². The molecule has 9 aromatic carbocycles. The number of hydrogen-bond acceptors (Lipinski definition) is 0. The van der Waals surface area contributed by atoms with Gasteiger partial charge >= 0.3 is 0 Å². The molecule has 0 bridgehead atoms. The lowest BCUT2D eigenvalue weighted by Gasteiger charge is -2.20. The van der Waals surface area contributed by atoms with E-state index in [1.807, 2.05) is 0 Å². The summed E-state index contributed by atoms with van der Waals surface area (Å²) in [6, 6.07) is 69.6. The van der Waals surface area contributed by atoms with Crippen molar-refractivity contribution in [2.75, 3.05) is 0 Å². The molecular formula is C52H35N. The summed E-state index contributed by atoms with van der Waals surface area (Å²) in [6.07, 6.45) is 2.21. The molecule has 0 aliphatic heterocycles. The summed E-state index contributed by atoms with van der Waals surface area (Å²) in [4.78, 5) is 0. The Balaban J connectivity index is 1.05. The zero-order valence-corrected chi connectivity index (χ0v) is 29.3. The molecule has 0 spiro atoms. The highest BCUT2D eigenvalue weighted by Crippen LogP contribution is 2.44. The van der Waals surface area contributed by atoms with Crippen molar-refractivity contribution < 1.29 is 0 Å². The van der Waals surface area contributed by atoms with Gasteiger partial charge in [-0.3, -0.25) is 0 Å². The van der Waals surface area contributed by atoms with Gasteiger partial charge in [-0.05, 0) is 126 Å². The van der Waals surface area contributed by atoms with Crippen molar-refractivity contribution in [3.05, 3.63) is 199 Å². The molecule has 1 heteroatoms. The van der Waals surface area contributed by atoms with E-state index in [0.29, 0.717) is 0 Å². The van der Waals surface area contributed by atoms with Gasteiger partial charge in [0.15, 0.2) is 0 Å². The average molecular weight is 674 g/mol. The first-order chi connectivity index (χ1) is 26.3. The molecule has 1 aliphatic rings. The van der Waals surface area contributed by atoms with Crippen molar-refractivity contribution in [1.82, 2.24) is 4.57 Å². The van der Waals surface area contributed by atoms with Crippen molar-refractivity contribution in [2.24, 2.45) is 0 Å². The fraction of sp³-hybridized carbons (Fsp3) is 0.0385. The topological polar surface area (TPSA) is 4.93 Å². The number of rotatable bonds is 4. The molecule has 0 saturated heterocycles. The van der Waals surface area contributed by atoms with Gasteiger partial charge < -0.3 is 4.57 Å². The van der Waals surface area contributed by atoms with Crippen LogP contribution in [0.4, 0.5) is 0 Å². The van der Waals surface area contributed by atoms with Crippen LogP contribution in [0.1, 0.15) is 11.1 Å². The molecule has 11 rings (SSSR count). The van der Waals surface area contributed by atoms with Gasteiger partial charge in [0.05, 0.1) is 11.0 Å². The van der Waals surface area contributed by atoms with Crippen LogP contribution in [0.3, 0.4) is 0 Å². The van der Waals surface area contributed by atoms with Crippen molar-refractivity contribution in [3.8, 4) is 50.2 Å². The molecule has 1 heterocycles. The Kier molecular flexibility index (Phi) is 6.75. The van der Waals surface area contributed by atoms with E-state index in [1.165, 1.54) is 99.0 Å². The molecule has 1 aromatic heterocycles. The quantitative estimate of drug-likeness (QED) is 0.164. The predicted octanol–water partition coefficient (Wildman–Crippen LogP) is 13.9. The van der Waals surface area contributed by atoms with E-state index in [0.717, 1.165) is 18.5 Å². The summed E-state index contributed by atoms with van der Waals surface area (Å²) in [6.45, 7) is 0. The van der Waals surface area contributed by atoms with Crippen LogP contribution >= 0.6 is 0 Å². The Hall–Kier alpha value is -6.70. The predicted molar refractivity (Wildman–Crippen MR) is 225 cm³/mol. The van der Waals surface area contributed by atoms with Crippen LogP contribution in [-0.2, 0) is 12.8 Å². The second kappa shape index (κ2) is 11.9. The van der Waals surface area contributed by atoms with Crippen molar-refractivity contribution in [3.63, 3.8) is 0 Å². The van der Waals surface area contributed by atoms with Crippen LogP contribution in [0.5, 0.6) is 0 Å². The summed E-state index contributed by atoms with van der Waals surface area (Å²) in [5.74, 6) is 0. The third-order valence-corrected chi connectivity index (χ3v) is 11.5. The van der Waals surface area contributed by atoms with Crippen LogP contribution in [0.2, 0.25) is 0 Å². The first-order valence-corrected chi connectivity index (χ1v) is 18.6. The number of benzene rings is 9. The Bertz CT molecular complexity index is 2980. The molecule has 1 nitrogen and oxygen atoms in total. The van der Waals surface area contributed by atoms with Crippen molar-refractivity contribution in [2.45, 2.75) is 12.8 Å². The summed E-state index contributed by atoms with van der Waals surface area (Å²) in [7, 11) is 0. The fourth-order valence-corrected chi connectivity index (χ4v) is 9.06. The van der Waals surface area contributed by atoms with E-state index < -0.39 is 0 Å². The van der Waals surface area contributed by atoms with E-state index in [-0.39, 0.29) is 0 Å². The van der Waals surface area contributed by atoms with Crippen LogP contribution in [-0.4, -0.2) is 4.57 Å². The van der Waals surface area contributed by atoms with E-state index in [1.54, 1.807) is 0 Å². The maximum atomic E-state index is 2.43. The fourth-order valence-electron chi connectivity index (χ4n) is 9.06. The lowest BCUT2D eigenvalue weighted by molar-refractivity contribution is 0.942. The molecule has 0 unspecified atom stereocenters. The first kappa shape index (κ1) is 30.0. The van der Waals surface area contributed by atoms with Gasteiger partial charge in [-0.25, -0.2) is 0 Å². The van der Waals surface area contributed by atoms with Gasteiger partial charge in [0, 0.05) is 16.5 Å². The van der Waals surface area contributed by atoms with Crippen LogP contribution < -0.4 is 0 Å². The minimum atomic E-state index is 1.10. The number of hydrogen-bond donors (Lipinski definition) is 0. The van der Waals surface area contributed by atoms with E-state index in [2.05, 4.69) is 193 Å². The van der Waals surface area contributed by atoms with Crippen LogP contribution in [0, 0.1) is 0 Å². The standard InChI is InChI=1S/C52H35N/c1-2-13-36(14-3-1)51-43-17-6-8-19-45(43)52(46-20-9-7-18-44(46)51)37-26-29-40(30-27-37)53-49-21-11-10-16-42(49)48-33-39(28-31-50(48)53)38-25-24-35-23-22-34-12-4-5-15-41(34)47(35)32-38/h1-21,24-33H,22-23H2. The number of nitrogens with zero attached hydrogens (tertiary/aromatic N) is 1. The van der Waals surface area contributed by atoms with Crippen LogP contribution in [0.25, 0.3) is 93.5 Å². The zero-order valence-electron chi connectivity index (χ0n) is 29.3. The lowest BCUT2D eigenvalue weighted by Crippen LogP contribution is -2.03. The monoisotopic (exact) mass is 673 g/mol. The second-order valence-corrected chi connectivity index (χ2v) is 14.4. The summed E-state index contributed by atoms with van der Waals surface area (Å²) in [5.41, 5.74) is 16.8. The number of fused-ring (bicyclic) bond motifs is 8. The van der Waals surface area contributed by atoms with E-state index in [9.17, 15) is 0 Å². The largest absolute Gasteiger partial charge is 0.309 e. The molecule has 0 radical (unpaired) electrons. The molecular weight excluding hydrogens is 639 g/mol. The number of aromatic nitrogens is 1. The summed E-state index contributed by atoms with van der Waals surface area (Å²) < 4.78 is 2.43. The maximum absolute atomic E-state index is 2.43. The third kappa shape index (κ3) is 4.71. The minimum Gasteiger partial charge on any atom is -0.309 e. The highest BCUT2D eigenvalue weighted by molar-refractivity contribution is 6.21. The van der Waals surface area contributed by atoms with Crippen molar-refractivity contribution >= 4 is 43.4 Å². The molecule has 0 N–H and O–H groups in total. The highest BCUT2D eigenvalue weighted by Gasteiger charge is 2.19. The molecule has 10 aromatic rings. The summed E-state index contributed by atoms with van der Waals surface area (Å²) >= 11 is 0. The lowest BCUT2D eigenvalue weighted by atomic mass is 9.84. The van der Waals surface area contributed by atoms with Gasteiger partial charge in [0.1, 0.15) is 0 Å². The normalized spacial score (nSPS) is 12.4. The Labute approximate surface area is 309 Å². The molecule has 0 fully saturated rings. The Morgan fingerprint density at radius 1 is 0.302 bits per heavy atom. The molecule has 0 atom stereocenters. The SMILES string of the molecule is c1ccc(-c2c3ccccc3c(-c3ccc(-n4c5ccccc5c5cc(-c6ccc7c(c6)-c6ccccc6CC7)ccc54)cc3)c3ccccc23)cc1. The van der Waals surface area contributed by atoms with E-state index >= 15 is 0 Å². The van der Waals surface area contributed by atoms with Gasteiger partial charge in [-0.1, -0.05) is 152 Å². The molecule has 0 amide bonds. The van der Waals surface area contributed by atoms with Gasteiger partial charge in [-0.15, -0.1) is 0 Å². The average Bonchev–Trinajstić information content (AvgIpc) is 3.56. The highest BCUT2D eigenvalue weighted by atomic mass is 15.0. The van der Waals surface area contributed by atoms with Crippen molar-refractivity contribution in [1.29, 1.82) is 0 Å². The molecule has 53 heavy (non-hydrogen) atoms. The number of aryl methyl sites for hydroxylation is 2. The first-order valence-electron chi connectivity index (χ1n) is 18.6. The zero-order chi connectivity index (χ0) is 34.9. The van der Waals surface area contributed by atoms with Gasteiger partial charge in [0.2, 0.25) is 0 Å². The maximum Gasteiger partial charge on any atom is 0.0541 e. The number of para-hydroxylation sites is 1. The second-order valence-electron chi connectivity index (χ2n) is 14.4. The molecule has 0 saturated carbocycles. The smallest absolute Gasteiger partial charge is 0.0541 e. The minimum absolute atomic E-state index is 1.10. The molecule has 1 aliphatic carbocycles. The van der Waals surface area contributed by atoms with Gasteiger partial charge in [0.25, 0.3) is 0 Å². The van der Waals surface area contributed by atoms with Crippen LogP contribution in [0.15, 0.2) is 188 Å². The Morgan fingerprint density at radius 3 is 1.49 bits per heavy atom. The van der Waals surface area contributed by atoms with E-state index in [4.69, 9.17) is 0 Å². The molecule has 248 valence electrons. The Morgan fingerprint density at radius 2 is 0.792 bits per heavy atom.